The van der Waals surface area contributed by atoms with E-state index in [1.54, 1.807) is 24.3 Å². The standard InChI is InChI=1S/C20H19NO5S2/c22-20(19-13-16-5-1-2-7-18(16)27-19)26-14-15-4-3-6-17(12-15)28(23,24)21-8-10-25-11-9-21/h1-7,12-13H,8-11,14H2. The SMILES string of the molecule is O=C(OCc1cccc(S(=O)(=O)N2CCOCC2)c1)c1cc2ccccc2s1. The first-order valence-corrected chi connectivity index (χ1v) is 11.1. The van der Waals surface area contributed by atoms with Crippen molar-refractivity contribution in [3.8, 4) is 0 Å². The van der Waals surface area contributed by atoms with Crippen molar-refractivity contribution in [2.75, 3.05) is 26.3 Å². The summed E-state index contributed by atoms with van der Waals surface area (Å²) in [5, 5.41) is 0.998. The van der Waals surface area contributed by atoms with E-state index in [1.807, 2.05) is 30.3 Å². The van der Waals surface area contributed by atoms with Crippen LogP contribution in [0.4, 0.5) is 0 Å². The number of fused-ring (bicyclic) bond motifs is 1. The second kappa shape index (κ2) is 8.00. The number of esters is 1. The fraction of sp³-hybridized carbons (Fsp3) is 0.250. The van der Waals surface area contributed by atoms with Crippen LogP contribution in [0, 0.1) is 0 Å². The molecular weight excluding hydrogens is 398 g/mol. The molecule has 0 bridgehead atoms. The molecule has 0 amide bonds. The highest BCUT2D eigenvalue weighted by atomic mass is 32.2. The van der Waals surface area contributed by atoms with Gasteiger partial charge in [-0.25, -0.2) is 13.2 Å². The number of rotatable bonds is 5. The Morgan fingerprint density at radius 3 is 2.64 bits per heavy atom. The molecule has 1 fully saturated rings. The summed E-state index contributed by atoms with van der Waals surface area (Å²) >= 11 is 1.38. The van der Waals surface area contributed by atoms with E-state index in [4.69, 9.17) is 9.47 Å². The molecule has 3 aromatic rings. The van der Waals surface area contributed by atoms with Crippen LogP contribution in [-0.4, -0.2) is 45.0 Å². The predicted molar refractivity (Wildman–Crippen MR) is 107 cm³/mol. The average Bonchev–Trinajstić information content (AvgIpc) is 3.17. The lowest BCUT2D eigenvalue weighted by molar-refractivity contribution is 0.0478. The van der Waals surface area contributed by atoms with E-state index in [2.05, 4.69) is 0 Å². The van der Waals surface area contributed by atoms with Crippen molar-refractivity contribution in [3.05, 3.63) is 65.0 Å². The number of ether oxygens (including phenoxy) is 2. The molecule has 0 radical (unpaired) electrons. The van der Waals surface area contributed by atoms with Crippen LogP contribution in [0.2, 0.25) is 0 Å². The Kier molecular flexibility index (Phi) is 5.45. The summed E-state index contributed by atoms with van der Waals surface area (Å²) in [5.74, 6) is -0.414. The number of benzene rings is 2. The lowest BCUT2D eigenvalue weighted by Gasteiger charge is -2.26. The summed E-state index contributed by atoms with van der Waals surface area (Å²) in [6.45, 7) is 1.48. The molecule has 0 N–H and O–H groups in total. The van der Waals surface area contributed by atoms with Gasteiger partial charge in [-0.05, 0) is 35.2 Å². The third-order valence-corrected chi connectivity index (χ3v) is 7.49. The summed E-state index contributed by atoms with van der Waals surface area (Å²) in [7, 11) is -3.58. The summed E-state index contributed by atoms with van der Waals surface area (Å²) in [5.41, 5.74) is 0.629. The molecule has 4 rings (SSSR count). The number of hydrogen-bond acceptors (Lipinski definition) is 6. The first kappa shape index (κ1) is 19.1. The van der Waals surface area contributed by atoms with Gasteiger partial charge >= 0.3 is 5.97 Å². The maximum Gasteiger partial charge on any atom is 0.348 e. The lowest BCUT2D eigenvalue weighted by Crippen LogP contribution is -2.40. The Bertz CT molecular complexity index is 1070. The maximum absolute atomic E-state index is 12.8. The third kappa shape index (κ3) is 3.95. The quantitative estimate of drug-likeness (QED) is 0.596. The molecule has 28 heavy (non-hydrogen) atoms. The monoisotopic (exact) mass is 417 g/mol. The molecule has 6 nitrogen and oxygen atoms in total. The number of carbonyl (C=O) groups excluding carboxylic acids is 1. The third-order valence-electron chi connectivity index (χ3n) is 4.50. The molecule has 2 heterocycles. The molecule has 0 aliphatic carbocycles. The number of carbonyl (C=O) groups is 1. The maximum atomic E-state index is 12.8. The zero-order valence-corrected chi connectivity index (χ0v) is 16.7. The van der Waals surface area contributed by atoms with Gasteiger partial charge < -0.3 is 9.47 Å². The van der Waals surface area contributed by atoms with Crippen LogP contribution >= 0.6 is 11.3 Å². The van der Waals surface area contributed by atoms with Gasteiger partial charge in [0.1, 0.15) is 11.5 Å². The Hall–Kier alpha value is -2.26. The Morgan fingerprint density at radius 1 is 1.07 bits per heavy atom. The first-order valence-electron chi connectivity index (χ1n) is 8.86. The number of hydrogen-bond donors (Lipinski definition) is 0. The number of nitrogens with zero attached hydrogens (tertiary/aromatic N) is 1. The minimum atomic E-state index is -3.58. The zero-order chi connectivity index (χ0) is 19.6. The van der Waals surface area contributed by atoms with Crippen LogP contribution in [0.15, 0.2) is 59.5 Å². The average molecular weight is 418 g/mol. The van der Waals surface area contributed by atoms with E-state index >= 15 is 0 Å². The molecule has 0 unspecified atom stereocenters. The Labute approximate surface area is 167 Å². The molecule has 2 aromatic carbocycles. The van der Waals surface area contributed by atoms with Crippen LogP contribution in [0.5, 0.6) is 0 Å². The van der Waals surface area contributed by atoms with E-state index in [1.165, 1.54) is 15.6 Å². The summed E-state index contributed by atoms with van der Waals surface area (Å²) in [4.78, 5) is 13.1. The van der Waals surface area contributed by atoms with Gasteiger partial charge in [-0.3, -0.25) is 0 Å². The molecule has 0 saturated carbocycles. The van der Waals surface area contributed by atoms with Gasteiger partial charge in [0.15, 0.2) is 0 Å². The van der Waals surface area contributed by atoms with Gasteiger partial charge in [0.2, 0.25) is 10.0 Å². The van der Waals surface area contributed by atoms with Crippen molar-refractivity contribution in [1.29, 1.82) is 0 Å². The van der Waals surface area contributed by atoms with Gasteiger partial charge in [-0.1, -0.05) is 30.3 Å². The highest BCUT2D eigenvalue weighted by molar-refractivity contribution is 7.89. The largest absolute Gasteiger partial charge is 0.457 e. The minimum absolute atomic E-state index is 0.0134. The second-order valence-corrected chi connectivity index (χ2v) is 9.41. The molecule has 1 saturated heterocycles. The zero-order valence-electron chi connectivity index (χ0n) is 15.0. The predicted octanol–water partition coefficient (Wildman–Crippen LogP) is 3.28. The van der Waals surface area contributed by atoms with Crippen LogP contribution in [-0.2, 0) is 26.1 Å². The van der Waals surface area contributed by atoms with E-state index in [0.29, 0.717) is 36.7 Å². The van der Waals surface area contributed by atoms with Crippen LogP contribution in [0.25, 0.3) is 10.1 Å². The highest BCUT2D eigenvalue weighted by Crippen LogP contribution is 2.26. The molecule has 8 heteroatoms. The van der Waals surface area contributed by atoms with Gasteiger partial charge in [-0.2, -0.15) is 4.31 Å². The van der Waals surface area contributed by atoms with Crippen LogP contribution in [0.3, 0.4) is 0 Å². The summed E-state index contributed by atoms with van der Waals surface area (Å²) in [6, 6.07) is 16.1. The van der Waals surface area contributed by atoms with Crippen molar-refractivity contribution in [2.24, 2.45) is 0 Å². The summed E-state index contributed by atoms with van der Waals surface area (Å²) < 4.78 is 38.6. The second-order valence-electron chi connectivity index (χ2n) is 6.39. The van der Waals surface area contributed by atoms with Crippen molar-refractivity contribution < 1.29 is 22.7 Å². The summed E-state index contributed by atoms with van der Waals surface area (Å²) in [6.07, 6.45) is 0. The first-order chi connectivity index (χ1) is 13.5. The van der Waals surface area contributed by atoms with E-state index < -0.39 is 16.0 Å². The normalized spacial score (nSPS) is 15.6. The van der Waals surface area contributed by atoms with Crippen molar-refractivity contribution in [3.63, 3.8) is 0 Å². The van der Waals surface area contributed by atoms with E-state index in [0.717, 1.165) is 10.1 Å². The number of sulfonamides is 1. The Morgan fingerprint density at radius 2 is 1.86 bits per heavy atom. The Balaban J connectivity index is 1.46. The van der Waals surface area contributed by atoms with Gasteiger partial charge in [-0.15, -0.1) is 11.3 Å². The van der Waals surface area contributed by atoms with Crippen molar-refractivity contribution >= 4 is 37.4 Å². The number of morpholine rings is 1. The molecule has 0 atom stereocenters. The van der Waals surface area contributed by atoms with Gasteiger partial charge in [0.25, 0.3) is 0 Å². The van der Waals surface area contributed by atoms with E-state index in [-0.39, 0.29) is 11.5 Å². The minimum Gasteiger partial charge on any atom is -0.457 e. The molecule has 1 aromatic heterocycles. The topological polar surface area (TPSA) is 72.9 Å². The van der Waals surface area contributed by atoms with Gasteiger partial charge in [0.05, 0.1) is 18.1 Å². The highest BCUT2D eigenvalue weighted by Gasteiger charge is 2.26. The van der Waals surface area contributed by atoms with Crippen molar-refractivity contribution in [2.45, 2.75) is 11.5 Å². The lowest BCUT2D eigenvalue weighted by atomic mass is 10.2. The fourth-order valence-corrected chi connectivity index (χ4v) is 5.47. The fourth-order valence-electron chi connectivity index (χ4n) is 3.03. The molecule has 1 aliphatic rings. The smallest absolute Gasteiger partial charge is 0.348 e. The molecule has 1 aliphatic heterocycles. The van der Waals surface area contributed by atoms with Gasteiger partial charge in [0, 0.05) is 17.8 Å². The molecule has 0 spiro atoms. The van der Waals surface area contributed by atoms with E-state index in [9.17, 15) is 13.2 Å². The molecular formula is C20H19NO5S2. The molecule has 146 valence electrons. The number of thiophene rings is 1. The van der Waals surface area contributed by atoms with Crippen LogP contribution in [0.1, 0.15) is 15.2 Å². The van der Waals surface area contributed by atoms with Crippen molar-refractivity contribution in [1.82, 2.24) is 4.31 Å². The van der Waals surface area contributed by atoms with Crippen LogP contribution < -0.4 is 0 Å².